The number of rotatable bonds is 5. The second kappa shape index (κ2) is 8.68. The van der Waals surface area contributed by atoms with Crippen molar-refractivity contribution < 1.29 is 18.8 Å². The van der Waals surface area contributed by atoms with Crippen molar-refractivity contribution >= 4 is 29.2 Å². The molecule has 1 saturated carbocycles. The Morgan fingerprint density at radius 2 is 2.00 bits per heavy atom. The number of amidine groups is 1. The van der Waals surface area contributed by atoms with E-state index in [1.807, 2.05) is 13.0 Å². The number of fused-ring (bicyclic) bond motifs is 1. The zero-order valence-electron chi connectivity index (χ0n) is 18.3. The van der Waals surface area contributed by atoms with Gasteiger partial charge in [0.25, 0.3) is 11.8 Å². The highest BCUT2D eigenvalue weighted by molar-refractivity contribution is 6.13. The second-order valence-corrected chi connectivity index (χ2v) is 8.78. The number of amides is 3. The molecule has 0 spiro atoms. The van der Waals surface area contributed by atoms with Crippen LogP contribution in [-0.4, -0.2) is 46.6 Å². The van der Waals surface area contributed by atoms with Crippen molar-refractivity contribution in [3.05, 3.63) is 54.0 Å². The van der Waals surface area contributed by atoms with Gasteiger partial charge in [-0.25, -0.2) is 4.39 Å². The number of aliphatic imine (C=N–C) groups is 1. The number of nitrogens with one attached hydrogen (secondary N) is 1. The van der Waals surface area contributed by atoms with Crippen molar-refractivity contribution in [3.8, 4) is 0 Å². The Hall–Kier alpha value is -3.29. The Balaban J connectivity index is 1.67. The average molecular weight is 439 g/mol. The highest BCUT2D eigenvalue weighted by atomic mass is 19.1. The van der Waals surface area contributed by atoms with Gasteiger partial charge in [-0.15, -0.1) is 0 Å². The number of carbonyl (C=O) groups excluding carboxylic acids is 3. The molecule has 2 heterocycles. The summed E-state index contributed by atoms with van der Waals surface area (Å²) in [5.41, 5.74) is -0.450. The molecule has 1 fully saturated rings. The molecule has 0 saturated heterocycles. The van der Waals surface area contributed by atoms with Gasteiger partial charge in [-0.05, 0) is 56.5 Å². The van der Waals surface area contributed by atoms with E-state index < -0.39 is 23.2 Å². The maximum Gasteiger partial charge on any atom is 0.254 e. The number of carbonyl (C=O) groups is 3. The van der Waals surface area contributed by atoms with Gasteiger partial charge in [0.15, 0.2) is 0 Å². The summed E-state index contributed by atoms with van der Waals surface area (Å²) in [6, 6.07) is 5.93. The summed E-state index contributed by atoms with van der Waals surface area (Å²) >= 11 is 0. The van der Waals surface area contributed by atoms with Crippen molar-refractivity contribution in [2.45, 2.75) is 57.5 Å². The molecule has 32 heavy (non-hydrogen) atoms. The molecule has 1 aromatic rings. The van der Waals surface area contributed by atoms with Gasteiger partial charge in [0, 0.05) is 12.2 Å². The van der Waals surface area contributed by atoms with E-state index in [9.17, 15) is 18.8 Å². The third-order valence-electron chi connectivity index (χ3n) is 6.23. The van der Waals surface area contributed by atoms with Crippen LogP contribution < -0.4 is 10.2 Å². The van der Waals surface area contributed by atoms with E-state index in [-0.39, 0.29) is 30.6 Å². The van der Waals surface area contributed by atoms with Crippen LogP contribution in [0.3, 0.4) is 0 Å². The average Bonchev–Trinajstić information content (AvgIpc) is 3.24. The topological polar surface area (TPSA) is 82.1 Å². The van der Waals surface area contributed by atoms with Gasteiger partial charge in [0.2, 0.25) is 5.91 Å². The van der Waals surface area contributed by atoms with E-state index in [1.54, 1.807) is 30.2 Å². The fraction of sp³-hybridized carbons (Fsp3) is 0.417. The van der Waals surface area contributed by atoms with E-state index in [0.717, 1.165) is 36.2 Å². The van der Waals surface area contributed by atoms with Crippen LogP contribution in [0.4, 0.5) is 10.1 Å². The van der Waals surface area contributed by atoms with E-state index in [2.05, 4.69) is 10.3 Å². The molecule has 0 radical (unpaired) electrons. The molecule has 4 rings (SSSR count). The first kappa shape index (κ1) is 21.9. The fourth-order valence-corrected chi connectivity index (χ4v) is 4.53. The van der Waals surface area contributed by atoms with Crippen LogP contribution in [0.25, 0.3) is 0 Å². The first-order chi connectivity index (χ1) is 15.3. The first-order valence-electron chi connectivity index (χ1n) is 10.9. The summed E-state index contributed by atoms with van der Waals surface area (Å²) in [4.78, 5) is 46.0. The third-order valence-corrected chi connectivity index (χ3v) is 6.23. The van der Waals surface area contributed by atoms with Gasteiger partial charge in [-0.2, -0.15) is 4.99 Å². The standard InChI is InChI=1S/C24H27FN4O3/c1-16-11-12-29-20(13-16)27-21(30)14-24(29,2)23(32)28(19-10-6-5-9-18(19)25)15-22(31)26-17-7-3-4-8-17/h5-6,9-13,17H,3-4,7-8,14-15H2,1-2H3,(H,26,31)/t24-/m0/s1. The number of nitrogens with zero attached hydrogens (tertiary/aromatic N) is 3. The van der Waals surface area contributed by atoms with E-state index in [4.69, 9.17) is 0 Å². The monoisotopic (exact) mass is 438 g/mol. The summed E-state index contributed by atoms with van der Waals surface area (Å²) < 4.78 is 14.8. The normalized spacial score (nSPS) is 22.8. The van der Waals surface area contributed by atoms with Crippen molar-refractivity contribution in [2.24, 2.45) is 4.99 Å². The number of allylic oxidation sites excluding steroid dienone is 2. The van der Waals surface area contributed by atoms with Crippen LogP contribution in [-0.2, 0) is 14.4 Å². The molecule has 3 amide bonds. The number of hydrogen-bond acceptors (Lipinski definition) is 4. The maximum absolute atomic E-state index is 14.8. The summed E-state index contributed by atoms with van der Waals surface area (Å²) in [7, 11) is 0. The van der Waals surface area contributed by atoms with Crippen molar-refractivity contribution in [3.63, 3.8) is 0 Å². The Morgan fingerprint density at radius 3 is 2.72 bits per heavy atom. The van der Waals surface area contributed by atoms with Crippen LogP contribution in [0.1, 0.15) is 46.0 Å². The number of hydrogen-bond donors (Lipinski definition) is 1. The number of anilines is 1. The molecule has 1 aromatic carbocycles. The molecule has 0 aromatic heterocycles. The predicted molar refractivity (Wildman–Crippen MR) is 119 cm³/mol. The van der Waals surface area contributed by atoms with Crippen molar-refractivity contribution in [1.29, 1.82) is 0 Å². The zero-order chi connectivity index (χ0) is 22.9. The molecular weight excluding hydrogens is 411 g/mol. The largest absolute Gasteiger partial charge is 0.352 e. The molecule has 2 aliphatic heterocycles. The van der Waals surface area contributed by atoms with Crippen LogP contribution in [0.15, 0.2) is 53.2 Å². The molecule has 1 atom stereocenters. The van der Waals surface area contributed by atoms with E-state index >= 15 is 0 Å². The van der Waals surface area contributed by atoms with Gasteiger partial charge in [0.1, 0.15) is 23.7 Å². The molecule has 7 nitrogen and oxygen atoms in total. The minimum Gasteiger partial charge on any atom is -0.352 e. The molecule has 3 aliphatic rings. The molecule has 1 N–H and O–H groups in total. The molecule has 168 valence electrons. The Kier molecular flexibility index (Phi) is 5.95. The van der Waals surface area contributed by atoms with Crippen LogP contribution in [0.5, 0.6) is 0 Å². The first-order valence-corrected chi connectivity index (χ1v) is 10.9. The summed E-state index contributed by atoms with van der Waals surface area (Å²) in [6.45, 7) is 3.16. The minimum absolute atomic E-state index is 0.00419. The Bertz CT molecular complexity index is 1040. The van der Waals surface area contributed by atoms with Crippen LogP contribution in [0, 0.1) is 5.82 Å². The maximum atomic E-state index is 14.8. The highest BCUT2D eigenvalue weighted by Crippen LogP contribution is 2.33. The molecule has 1 aliphatic carbocycles. The lowest BCUT2D eigenvalue weighted by Gasteiger charge is -2.44. The van der Waals surface area contributed by atoms with Crippen LogP contribution in [0.2, 0.25) is 0 Å². The van der Waals surface area contributed by atoms with E-state index in [1.165, 1.54) is 18.2 Å². The lowest BCUT2D eigenvalue weighted by molar-refractivity contribution is -0.133. The zero-order valence-corrected chi connectivity index (χ0v) is 18.3. The third kappa shape index (κ3) is 4.22. The molecular formula is C24H27FN4O3. The number of para-hydroxylation sites is 1. The SMILES string of the molecule is CC1=CC2=NC(=O)C[C@@](C)(C(=O)N(CC(=O)NC3CCCC3)c3ccccc3F)N2C=C1. The van der Waals surface area contributed by atoms with Gasteiger partial charge < -0.3 is 10.2 Å². The smallest absolute Gasteiger partial charge is 0.254 e. The molecule has 0 unspecified atom stereocenters. The van der Waals surface area contributed by atoms with Gasteiger partial charge in [-0.3, -0.25) is 19.3 Å². The minimum atomic E-state index is -1.35. The van der Waals surface area contributed by atoms with Gasteiger partial charge in [0.05, 0.1) is 12.1 Å². The lowest BCUT2D eigenvalue weighted by atomic mass is 9.89. The Labute approximate surface area is 186 Å². The molecule has 0 bridgehead atoms. The summed E-state index contributed by atoms with van der Waals surface area (Å²) in [5.74, 6) is -1.57. The van der Waals surface area contributed by atoms with E-state index in [0.29, 0.717) is 5.84 Å². The fourth-order valence-electron chi connectivity index (χ4n) is 4.53. The lowest BCUT2D eigenvalue weighted by Crippen LogP contribution is -2.62. The molecule has 8 heteroatoms. The van der Waals surface area contributed by atoms with Gasteiger partial charge in [-0.1, -0.05) is 25.0 Å². The Morgan fingerprint density at radius 1 is 1.28 bits per heavy atom. The number of halogens is 1. The quantitative estimate of drug-likeness (QED) is 0.766. The second-order valence-electron chi connectivity index (χ2n) is 8.78. The van der Waals surface area contributed by atoms with Crippen LogP contribution >= 0.6 is 0 Å². The van der Waals surface area contributed by atoms with Crippen molar-refractivity contribution in [1.82, 2.24) is 10.2 Å². The summed E-state index contributed by atoms with van der Waals surface area (Å²) in [5, 5.41) is 2.96. The highest BCUT2D eigenvalue weighted by Gasteiger charge is 2.48. The number of benzene rings is 1. The van der Waals surface area contributed by atoms with Gasteiger partial charge >= 0.3 is 0 Å². The summed E-state index contributed by atoms with van der Waals surface area (Å²) in [6.07, 6.45) is 8.97. The van der Waals surface area contributed by atoms with Crippen molar-refractivity contribution in [2.75, 3.05) is 11.4 Å². The predicted octanol–water partition coefficient (Wildman–Crippen LogP) is 3.08.